The van der Waals surface area contributed by atoms with Gasteiger partial charge >= 0.3 is 0 Å². The van der Waals surface area contributed by atoms with Gasteiger partial charge in [0, 0.05) is 24.8 Å². The first kappa shape index (κ1) is 11.8. The minimum absolute atomic E-state index is 0.111. The van der Waals surface area contributed by atoms with Crippen molar-refractivity contribution >= 4 is 10.9 Å². The van der Waals surface area contributed by atoms with Crippen LogP contribution in [0.25, 0.3) is 10.9 Å². The molecule has 0 saturated heterocycles. The van der Waals surface area contributed by atoms with Crippen molar-refractivity contribution in [3.63, 3.8) is 0 Å². The molecule has 5 heteroatoms. The van der Waals surface area contributed by atoms with Gasteiger partial charge in [-0.1, -0.05) is 18.2 Å². The lowest BCUT2D eigenvalue weighted by Gasteiger charge is -2.18. The summed E-state index contributed by atoms with van der Waals surface area (Å²) in [6, 6.07) is 11.9. The van der Waals surface area contributed by atoms with Gasteiger partial charge in [-0.05, 0) is 23.8 Å². The van der Waals surface area contributed by atoms with Crippen molar-refractivity contribution in [3.05, 3.63) is 60.0 Å². The normalized spacial score (nSPS) is 12.7. The minimum Gasteiger partial charge on any atom is -0.271 e. The first-order chi connectivity index (χ1) is 9.31. The van der Waals surface area contributed by atoms with Gasteiger partial charge in [-0.15, -0.1) is 0 Å². The van der Waals surface area contributed by atoms with Gasteiger partial charge in [0.1, 0.15) is 0 Å². The Labute approximate surface area is 111 Å². The van der Waals surface area contributed by atoms with Gasteiger partial charge in [-0.2, -0.15) is 5.10 Å². The summed E-state index contributed by atoms with van der Waals surface area (Å²) >= 11 is 0. The molecule has 96 valence electrons. The average molecular weight is 253 g/mol. The Balaban J connectivity index is 2.20. The lowest BCUT2D eigenvalue weighted by atomic mass is 9.99. The molecule has 19 heavy (non-hydrogen) atoms. The molecule has 0 radical (unpaired) electrons. The summed E-state index contributed by atoms with van der Waals surface area (Å²) in [4.78, 5) is 4.37. The average Bonchev–Trinajstić information content (AvgIpc) is 2.86. The minimum atomic E-state index is -0.111. The van der Waals surface area contributed by atoms with Gasteiger partial charge in [-0.3, -0.25) is 15.5 Å². The third-order valence-electron chi connectivity index (χ3n) is 3.31. The van der Waals surface area contributed by atoms with Crippen molar-refractivity contribution < 1.29 is 0 Å². The number of hydrogen-bond donors (Lipinski definition) is 2. The number of benzene rings is 1. The second-order valence-electron chi connectivity index (χ2n) is 4.40. The van der Waals surface area contributed by atoms with Crippen LogP contribution in [0.3, 0.4) is 0 Å². The quantitative estimate of drug-likeness (QED) is 0.548. The lowest BCUT2D eigenvalue weighted by molar-refractivity contribution is 0.578. The Bertz CT molecular complexity index is 698. The van der Waals surface area contributed by atoms with Gasteiger partial charge in [0.2, 0.25) is 0 Å². The number of nitrogens with zero attached hydrogens (tertiary/aromatic N) is 3. The molecule has 1 unspecified atom stereocenters. The van der Waals surface area contributed by atoms with Crippen LogP contribution in [0.15, 0.2) is 48.8 Å². The van der Waals surface area contributed by atoms with Gasteiger partial charge in [0.15, 0.2) is 0 Å². The van der Waals surface area contributed by atoms with Crippen LogP contribution in [0.4, 0.5) is 0 Å². The second-order valence-corrected chi connectivity index (χ2v) is 4.40. The van der Waals surface area contributed by atoms with Crippen LogP contribution in [-0.2, 0) is 7.05 Å². The van der Waals surface area contributed by atoms with Crippen LogP contribution in [0.1, 0.15) is 17.3 Å². The standard InChI is InChI=1S/C14H15N5/c1-19-13(7-9-17-19)14(18-15)11-4-2-6-12-10(11)5-3-8-16-12/h2-9,14,18H,15H2,1H3. The summed E-state index contributed by atoms with van der Waals surface area (Å²) in [6.45, 7) is 0. The second kappa shape index (κ2) is 4.79. The maximum Gasteiger partial charge on any atom is 0.0884 e. The van der Waals surface area contributed by atoms with Gasteiger partial charge in [0.25, 0.3) is 0 Å². The molecule has 0 fully saturated rings. The zero-order chi connectivity index (χ0) is 13.2. The summed E-state index contributed by atoms with van der Waals surface area (Å²) in [5, 5.41) is 5.29. The number of hydrazine groups is 1. The van der Waals surface area contributed by atoms with Crippen LogP contribution in [0, 0.1) is 0 Å². The van der Waals surface area contributed by atoms with Gasteiger partial charge in [0.05, 0.1) is 17.3 Å². The highest BCUT2D eigenvalue weighted by Gasteiger charge is 2.18. The largest absolute Gasteiger partial charge is 0.271 e. The van der Waals surface area contributed by atoms with Gasteiger partial charge < -0.3 is 0 Å². The number of rotatable bonds is 3. The third-order valence-corrected chi connectivity index (χ3v) is 3.31. The monoisotopic (exact) mass is 253 g/mol. The summed E-state index contributed by atoms with van der Waals surface area (Å²) in [6.07, 6.45) is 3.56. The van der Waals surface area contributed by atoms with E-state index in [9.17, 15) is 0 Å². The van der Waals surface area contributed by atoms with E-state index in [4.69, 9.17) is 5.84 Å². The van der Waals surface area contributed by atoms with Crippen molar-refractivity contribution in [2.75, 3.05) is 0 Å². The summed E-state index contributed by atoms with van der Waals surface area (Å²) in [7, 11) is 1.91. The van der Waals surface area contributed by atoms with E-state index >= 15 is 0 Å². The van der Waals surface area contributed by atoms with Crippen molar-refractivity contribution in [1.82, 2.24) is 20.2 Å². The fourth-order valence-electron chi connectivity index (χ4n) is 2.38. The molecular formula is C14H15N5. The van der Waals surface area contributed by atoms with E-state index < -0.39 is 0 Å². The molecule has 3 rings (SSSR count). The molecular weight excluding hydrogens is 238 g/mol. The zero-order valence-corrected chi connectivity index (χ0v) is 10.6. The van der Waals surface area contributed by atoms with Crippen molar-refractivity contribution in [2.24, 2.45) is 12.9 Å². The Morgan fingerprint density at radius 1 is 1.16 bits per heavy atom. The zero-order valence-electron chi connectivity index (χ0n) is 10.6. The molecule has 1 atom stereocenters. The summed E-state index contributed by atoms with van der Waals surface area (Å²) < 4.78 is 1.82. The topological polar surface area (TPSA) is 68.8 Å². The maximum absolute atomic E-state index is 5.74. The predicted octanol–water partition coefficient (Wildman–Crippen LogP) is 1.52. The fraction of sp³-hybridized carbons (Fsp3) is 0.143. The Kier molecular flexibility index (Phi) is 2.98. The molecule has 0 aliphatic heterocycles. The molecule has 0 saturated carbocycles. The maximum atomic E-state index is 5.74. The number of aryl methyl sites for hydroxylation is 1. The number of aromatic nitrogens is 3. The van der Waals surface area contributed by atoms with E-state index in [-0.39, 0.29) is 6.04 Å². The SMILES string of the molecule is Cn1nccc1C(NN)c1cccc2ncccc12. The molecule has 0 bridgehead atoms. The molecule has 5 nitrogen and oxygen atoms in total. The highest BCUT2D eigenvalue weighted by Crippen LogP contribution is 2.27. The van der Waals surface area contributed by atoms with Crippen LogP contribution in [-0.4, -0.2) is 14.8 Å². The van der Waals surface area contributed by atoms with E-state index in [1.165, 1.54) is 0 Å². The molecule has 0 aliphatic rings. The number of hydrogen-bond acceptors (Lipinski definition) is 4. The van der Waals surface area contributed by atoms with E-state index in [0.29, 0.717) is 0 Å². The first-order valence-electron chi connectivity index (χ1n) is 6.09. The number of nitrogens with one attached hydrogen (secondary N) is 1. The summed E-state index contributed by atoms with van der Waals surface area (Å²) in [5.41, 5.74) is 5.93. The predicted molar refractivity (Wildman–Crippen MR) is 74.1 cm³/mol. The van der Waals surface area contributed by atoms with Crippen LogP contribution in [0.5, 0.6) is 0 Å². The van der Waals surface area contributed by atoms with E-state index in [1.54, 1.807) is 12.4 Å². The van der Waals surface area contributed by atoms with Crippen LogP contribution in [0.2, 0.25) is 0 Å². The number of pyridine rings is 1. The van der Waals surface area contributed by atoms with Crippen LogP contribution < -0.4 is 11.3 Å². The van der Waals surface area contributed by atoms with E-state index in [2.05, 4.69) is 27.6 Å². The number of nitrogens with two attached hydrogens (primary N) is 1. The van der Waals surface area contributed by atoms with Crippen LogP contribution >= 0.6 is 0 Å². The molecule has 0 aliphatic carbocycles. The lowest BCUT2D eigenvalue weighted by Crippen LogP contribution is -2.30. The molecule has 2 aromatic heterocycles. The Morgan fingerprint density at radius 2 is 2.05 bits per heavy atom. The highest BCUT2D eigenvalue weighted by molar-refractivity contribution is 5.82. The Morgan fingerprint density at radius 3 is 2.79 bits per heavy atom. The molecule has 0 amide bonds. The molecule has 3 N–H and O–H groups in total. The van der Waals surface area contributed by atoms with E-state index in [1.807, 2.05) is 36.0 Å². The molecule has 3 aromatic rings. The first-order valence-corrected chi connectivity index (χ1v) is 6.09. The third kappa shape index (κ3) is 1.99. The molecule has 0 spiro atoms. The fourth-order valence-corrected chi connectivity index (χ4v) is 2.38. The number of fused-ring (bicyclic) bond motifs is 1. The molecule has 1 aromatic carbocycles. The van der Waals surface area contributed by atoms with Gasteiger partial charge in [-0.25, -0.2) is 5.43 Å². The van der Waals surface area contributed by atoms with Crippen molar-refractivity contribution in [3.8, 4) is 0 Å². The highest BCUT2D eigenvalue weighted by atomic mass is 15.3. The van der Waals surface area contributed by atoms with E-state index in [0.717, 1.165) is 22.2 Å². The molecule has 2 heterocycles. The van der Waals surface area contributed by atoms with Crippen molar-refractivity contribution in [1.29, 1.82) is 0 Å². The summed E-state index contributed by atoms with van der Waals surface area (Å²) in [5.74, 6) is 5.74. The smallest absolute Gasteiger partial charge is 0.0884 e. The van der Waals surface area contributed by atoms with Crippen molar-refractivity contribution in [2.45, 2.75) is 6.04 Å². The Hall–Kier alpha value is -2.24.